The Morgan fingerprint density at radius 2 is 2.21 bits per heavy atom. The van der Waals surface area contributed by atoms with Gasteiger partial charge in [0.2, 0.25) is 5.91 Å². The first kappa shape index (κ1) is 20.6. The normalized spacial score (nSPS) is 12.9. The summed E-state index contributed by atoms with van der Waals surface area (Å²) in [6.07, 6.45) is 0.820. The number of nitrogens with zero attached hydrogens (tertiary/aromatic N) is 2. The molecule has 154 valence electrons. The van der Waals surface area contributed by atoms with Gasteiger partial charge in [-0.05, 0) is 30.9 Å². The average molecular weight is 418 g/mol. The summed E-state index contributed by atoms with van der Waals surface area (Å²) in [5.41, 5.74) is 8.42. The smallest absolute Gasteiger partial charge is 0.410 e. The molecule has 0 unspecified atom stereocenters. The van der Waals surface area contributed by atoms with Gasteiger partial charge in [0, 0.05) is 30.0 Å². The van der Waals surface area contributed by atoms with Gasteiger partial charge in [-0.2, -0.15) is 0 Å². The van der Waals surface area contributed by atoms with Crippen LogP contribution in [0, 0.1) is 10.1 Å². The second-order valence-corrected chi connectivity index (χ2v) is 7.70. The summed E-state index contributed by atoms with van der Waals surface area (Å²) >= 11 is 1.36. The van der Waals surface area contributed by atoms with Crippen LogP contribution in [0.4, 0.5) is 21.2 Å². The first-order valence-electron chi connectivity index (χ1n) is 9.24. The average Bonchev–Trinajstić information content (AvgIpc) is 3.01. The number of non-ortho nitro benzene ring substituents is 1. The molecule has 0 aliphatic carbocycles. The molecule has 0 atom stereocenters. The van der Waals surface area contributed by atoms with Crippen molar-refractivity contribution in [2.75, 3.05) is 24.2 Å². The number of nitro groups is 1. The largest absolute Gasteiger partial charge is 0.450 e. The quantitative estimate of drug-likeness (QED) is 0.547. The summed E-state index contributed by atoms with van der Waals surface area (Å²) in [7, 11) is 0. The van der Waals surface area contributed by atoms with Crippen LogP contribution in [0.25, 0.3) is 0 Å². The first-order chi connectivity index (χ1) is 13.9. The number of hydrogen-bond donors (Lipinski definition) is 2. The van der Waals surface area contributed by atoms with Gasteiger partial charge in [-0.25, -0.2) is 4.79 Å². The summed E-state index contributed by atoms with van der Waals surface area (Å²) < 4.78 is 5.04. The molecule has 0 saturated carbocycles. The van der Waals surface area contributed by atoms with Gasteiger partial charge in [-0.3, -0.25) is 14.9 Å². The van der Waals surface area contributed by atoms with Crippen molar-refractivity contribution in [3.63, 3.8) is 0 Å². The number of anilines is 2. The van der Waals surface area contributed by atoms with Crippen LogP contribution in [-0.2, 0) is 28.9 Å². The Labute approximate surface area is 171 Å². The van der Waals surface area contributed by atoms with Gasteiger partial charge in [0.15, 0.2) is 0 Å². The maximum Gasteiger partial charge on any atom is 0.410 e. The zero-order valence-electron chi connectivity index (χ0n) is 16.0. The van der Waals surface area contributed by atoms with Crippen molar-refractivity contribution >= 4 is 39.7 Å². The molecule has 29 heavy (non-hydrogen) atoms. The van der Waals surface area contributed by atoms with Crippen molar-refractivity contribution in [1.29, 1.82) is 0 Å². The zero-order chi connectivity index (χ0) is 21.0. The number of rotatable bonds is 6. The minimum Gasteiger partial charge on any atom is -0.450 e. The van der Waals surface area contributed by atoms with Crippen LogP contribution >= 0.6 is 11.3 Å². The van der Waals surface area contributed by atoms with Gasteiger partial charge >= 0.3 is 6.09 Å². The molecule has 2 heterocycles. The maximum atomic E-state index is 12.3. The highest BCUT2D eigenvalue weighted by Crippen LogP contribution is 2.39. The van der Waals surface area contributed by atoms with Crippen LogP contribution in [0.1, 0.15) is 29.3 Å². The molecule has 9 nitrogen and oxygen atoms in total. The molecule has 1 aromatic heterocycles. The molecule has 2 amide bonds. The van der Waals surface area contributed by atoms with Crippen LogP contribution in [0.3, 0.4) is 0 Å². The molecule has 0 radical (unpaired) electrons. The predicted molar refractivity (Wildman–Crippen MR) is 110 cm³/mol. The number of aryl methyl sites for hydroxylation is 1. The summed E-state index contributed by atoms with van der Waals surface area (Å²) in [5.74, 6) is -0.218. The lowest BCUT2D eigenvalue weighted by molar-refractivity contribution is -0.384. The molecule has 0 bridgehead atoms. The molecule has 3 rings (SSSR count). The van der Waals surface area contributed by atoms with Crippen LogP contribution in [-0.4, -0.2) is 35.0 Å². The number of carbonyl (C=O) groups excluding carboxylic acids is 2. The molecule has 1 aromatic carbocycles. The number of thiophene rings is 1. The summed E-state index contributed by atoms with van der Waals surface area (Å²) in [6, 6.07) is 6.24. The molecular formula is C19H22N4O5S. The van der Waals surface area contributed by atoms with E-state index in [2.05, 4.69) is 5.32 Å². The van der Waals surface area contributed by atoms with Gasteiger partial charge in [0.25, 0.3) is 5.69 Å². The molecule has 0 fully saturated rings. The molecule has 0 spiro atoms. The number of fused-ring (bicyclic) bond motifs is 1. The van der Waals surface area contributed by atoms with Gasteiger partial charge in [0.1, 0.15) is 5.00 Å². The second-order valence-electron chi connectivity index (χ2n) is 6.59. The number of carbonyl (C=O) groups is 2. The van der Waals surface area contributed by atoms with E-state index in [0.717, 1.165) is 16.0 Å². The number of nitrogens with one attached hydrogen (secondary N) is 1. The Bertz CT molecular complexity index is 943. The Morgan fingerprint density at radius 1 is 1.41 bits per heavy atom. The lowest BCUT2D eigenvalue weighted by Gasteiger charge is -2.26. The minimum atomic E-state index is -0.458. The summed E-state index contributed by atoms with van der Waals surface area (Å²) in [4.78, 5) is 37.2. The Hall–Kier alpha value is -3.14. The number of hydrogen-bond acceptors (Lipinski definition) is 7. The van der Waals surface area contributed by atoms with E-state index in [1.807, 2.05) is 0 Å². The van der Waals surface area contributed by atoms with E-state index in [9.17, 15) is 19.7 Å². The third kappa shape index (κ3) is 4.83. The van der Waals surface area contributed by atoms with E-state index >= 15 is 0 Å². The van der Waals surface area contributed by atoms with E-state index in [-0.39, 0.29) is 24.1 Å². The molecule has 0 saturated heterocycles. The molecule has 2 aromatic rings. The topological polar surface area (TPSA) is 128 Å². The van der Waals surface area contributed by atoms with Gasteiger partial charge in [0.05, 0.1) is 23.8 Å². The number of ether oxygens (including phenoxy) is 1. The lowest BCUT2D eigenvalue weighted by atomic mass is 10.1. The number of nitrogen functional groups attached to an aromatic ring is 1. The predicted octanol–water partition coefficient (Wildman–Crippen LogP) is 3.32. The Morgan fingerprint density at radius 3 is 2.93 bits per heavy atom. The standard InChI is InChI=1S/C19H22N4O5S/c1-2-28-19(25)22-9-8-14-15(11-22)29-18(17(14)20)21-16(24)7-6-12-4-3-5-13(10-12)23(26)27/h3-5,10H,2,6-9,11,20H2,1H3,(H,21,24). The van der Waals surface area contributed by atoms with E-state index in [1.54, 1.807) is 24.0 Å². The summed E-state index contributed by atoms with van der Waals surface area (Å²) in [5, 5.41) is 14.3. The van der Waals surface area contributed by atoms with Crippen LogP contribution in [0.2, 0.25) is 0 Å². The summed E-state index contributed by atoms with van der Waals surface area (Å²) in [6.45, 7) is 3.01. The second kappa shape index (κ2) is 8.91. The van der Waals surface area contributed by atoms with Crippen molar-refractivity contribution in [2.45, 2.75) is 32.7 Å². The van der Waals surface area contributed by atoms with E-state index in [0.29, 0.717) is 43.2 Å². The molecule has 1 aliphatic rings. The zero-order valence-corrected chi connectivity index (χ0v) is 16.8. The highest BCUT2D eigenvalue weighted by Gasteiger charge is 2.27. The lowest BCUT2D eigenvalue weighted by Crippen LogP contribution is -2.35. The van der Waals surface area contributed by atoms with Crippen molar-refractivity contribution < 1.29 is 19.2 Å². The molecule has 3 N–H and O–H groups in total. The third-order valence-corrected chi connectivity index (χ3v) is 5.79. The van der Waals surface area contributed by atoms with Gasteiger partial charge < -0.3 is 20.7 Å². The van der Waals surface area contributed by atoms with Gasteiger partial charge in [-0.1, -0.05) is 12.1 Å². The SMILES string of the molecule is CCOC(=O)N1CCc2c(sc(NC(=O)CCc3cccc([N+](=O)[O-])c3)c2N)C1. The monoisotopic (exact) mass is 418 g/mol. The van der Waals surface area contributed by atoms with Crippen LogP contribution in [0.15, 0.2) is 24.3 Å². The third-order valence-electron chi connectivity index (χ3n) is 4.64. The van der Waals surface area contributed by atoms with Crippen molar-refractivity contribution in [1.82, 2.24) is 4.90 Å². The molecular weight excluding hydrogens is 396 g/mol. The highest BCUT2D eigenvalue weighted by atomic mass is 32.1. The fourth-order valence-corrected chi connectivity index (χ4v) is 4.36. The maximum absolute atomic E-state index is 12.3. The Balaban J connectivity index is 1.61. The number of benzene rings is 1. The number of nitro benzene ring substituents is 1. The van der Waals surface area contributed by atoms with Crippen LogP contribution < -0.4 is 11.1 Å². The van der Waals surface area contributed by atoms with Crippen molar-refractivity contribution in [3.8, 4) is 0 Å². The number of nitrogens with two attached hydrogens (primary N) is 1. The van der Waals surface area contributed by atoms with Crippen molar-refractivity contribution in [3.05, 3.63) is 50.4 Å². The molecule has 1 aliphatic heterocycles. The first-order valence-corrected chi connectivity index (χ1v) is 10.1. The molecule has 10 heteroatoms. The van der Waals surface area contributed by atoms with Crippen molar-refractivity contribution in [2.24, 2.45) is 0 Å². The minimum absolute atomic E-state index is 0.00392. The fourth-order valence-electron chi connectivity index (χ4n) is 3.16. The number of amides is 2. The fraction of sp³-hybridized carbons (Fsp3) is 0.368. The van der Waals surface area contributed by atoms with E-state index in [1.165, 1.54) is 23.5 Å². The van der Waals surface area contributed by atoms with Crippen LogP contribution in [0.5, 0.6) is 0 Å². The van der Waals surface area contributed by atoms with E-state index in [4.69, 9.17) is 10.5 Å². The van der Waals surface area contributed by atoms with E-state index < -0.39 is 4.92 Å². The Kier molecular flexibility index (Phi) is 6.32. The highest BCUT2D eigenvalue weighted by molar-refractivity contribution is 7.17. The van der Waals surface area contributed by atoms with Gasteiger partial charge in [-0.15, -0.1) is 11.3 Å².